The van der Waals surface area contributed by atoms with Gasteiger partial charge in [-0.05, 0) is 36.6 Å². The summed E-state index contributed by atoms with van der Waals surface area (Å²) in [6, 6.07) is 16.2. The number of nitrogens with one attached hydrogen (secondary N) is 2. The first-order chi connectivity index (χ1) is 15.8. The average Bonchev–Trinajstić information content (AvgIpc) is 2.84. The summed E-state index contributed by atoms with van der Waals surface area (Å²) in [4.78, 5) is 7.25. The molecule has 1 aliphatic rings. The van der Waals surface area contributed by atoms with Crippen molar-refractivity contribution in [2.45, 2.75) is 26.4 Å². The van der Waals surface area contributed by atoms with Crippen molar-refractivity contribution in [2.24, 2.45) is 4.99 Å². The lowest BCUT2D eigenvalue weighted by atomic mass is 10.1. The molecule has 2 N–H and O–H groups in total. The molecule has 0 saturated carbocycles. The maximum atomic E-state index is 5.81. The Balaban J connectivity index is 1.47. The minimum Gasteiger partial charge on any atom is -0.497 e. The summed E-state index contributed by atoms with van der Waals surface area (Å²) in [5, 5.41) is 6.74. The van der Waals surface area contributed by atoms with E-state index in [1.165, 1.54) is 11.1 Å². The van der Waals surface area contributed by atoms with Crippen molar-refractivity contribution in [3.05, 3.63) is 59.7 Å². The molecule has 7 heteroatoms. The average molecular weight is 441 g/mol. The summed E-state index contributed by atoms with van der Waals surface area (Å²) in [7, 11) is 1.66. The number of methoxy groups -OCH3 is 1. The minimum absolute atomic E-state index is 0.627. The lowest BCUT2D eigenvalue weighted by Crippen LogP contribution is -2.38. The molecule has 7 nitrogen and oxygen atoms in total. The zero-order valence-electron chi connectivity index (χ0n) is 19.3. The van der Waals surface area contributed by atoms with Gasteiger partial charge in [0.2, 0.25) is 0 Å². The highest BCUT2D eigenvalue weighted by Crippen LogP contribution is 2.18. The van der Waals surface area contributed by atoms with E-state index in [9.17, 15) is 0 Å². The first-order valence-electron chi connectivity index (χ1n) is 11.4. The van der Waals surface area contributed by atoms with Crippen molar-refractivity contribution in [1.82, 2.24) is 15.5 Å². The molecule has 0 unspecified atom stereocenters. The lowest BCUT2D eigenvalue weighted by molar-refractivity contribution is 0.0341. The van der Waals surface area contributed by atoms with Gasteiger partial charge in [-0.25, -0.2) is 4.99 Å². The molecular weight excluding hydrogens is 404 g/mol. The second-order valence-electron chi connectivity index (χ2n) is 7.66. The van der Waals surface area contributed by atoms with Gasteiger partial charge in [0.25, 0.3) is 0 Å². The van der Waals surface area contributed by atoms with Crippen molar-refractivity contribution in [3.8, 4) is 11.5 Å². The van der Waals surface area contributed by atoms with E-state index < -0.39 is 0 Å². The molecule has 32 heavy (non-hydrogen) atoms. The topological polar surface area (TPSA) is 67.4 Å². The third kappa shape index (κ3) is 8.05. The van der Waals surface area contributed by atoms with Crippen LogP contribution in [0.4, 0.5) is 0 Å². The van der Waals surface area contributed by atoms with E-state index >= 15 is 0 Å². The normalized spacial score (nSPS) is 14.8. The number of ether oxygens (including phenoxy) is 3. The Morgan fingerprint density at radius 3 is 2.59 bits per heavy atom. The van der Waals surface area contributed by atoms with E-state index in [2.05, 4.69) is 46.7 Å². The van der Waals surface area contributed by atoms with Crippen molar-refractivity contribution in [3.63, 3.8) is 0 Å². The van der Waals surface area contributed by atoms with E-state index in [0.717, 1.165) is 69.8 Å². The van der Waals surface area contributed by atoms with Crippen molar-refractivity contribution >= 4 is 5.96 Å². The molecular formula is C25H36N4O3. The Morgan fingerprint density at radius 2 is 1.81 bits per heavy atom. The molecule has 0 bridgehead atoms. The second-order valence-corrected chi connectivity index (χ2v) is 7.66. The fourth-order valence-corrected chi connectivity index (χ4v) is 3.53. The van der Waals surface area contributed by atoms with E-state index in [0.29, 0.717) is 13.2 Å². The van der Waals surface area contributed by atoms with Crippen LogP contribution in [0.25, 0.3) is 0 Å². The predicted molar refractivity (Wildman–Crippen MR) is 128 cm³/mol. The molecule has 174 valence electrons. The minimum atomic E-state index is 0.627. The van der Waals surface area contributed by atoms with Crippen LogP contribution >= 0.6 is 0 Å². The summed E-state index contributed by atoms with van der Waals surface area (Å²) in [5.41, 5.74) is 2.60. The monoisotopic (exact) mass is 440 g/mol. The van der Waals surface area contributed by atoms with Gasteiger partial charge in [0.05, 0.1) is 33.5 Å². The zero-order valence-corrected chi connectivity index (χ0v) is 19.3. The largest absolute Gasteiger partial charge is 0.497 e. The number of hydrogen-bond donors (Lipinski definition) is 2. The first kappa shape index (κ1) is 23.9. The third-order valence-electron chi connectivity index (χ3n) is 5.29. The van der Waals surface area contributed by atoms with Gasteiger partial charge in [-0.2, -0.15) is 0 Å². The quantitative estimate of drug-likeness (QED) is 0.318. The SMILES string of the molecule is CCNC(=NCc1ccccc1CN1CCOCC1)NCCCOc1cccc(OC)c1. The van der Waals surface area contributed by atoms with Gasteiger partial charge < -0.3 is 24.8 Å². The van der Waals surface area contributed by atoms with Crippen LogP contribution in [0.2, 0.25) is 0 Å². The van der Waals surface area contributed by atoms with Crippen LogP contribution in [0.15, 0.2) is 53.5 Å². The second kappa shape index (κ2) is 13.6. The fourth-order valence-electron chi connectivity index (χ4n) is 3.53. The van der Waals surface area contributed by atoms with Gasteiger partial charge in [-0.15, -0.1) is 0 Å². The van der Waals surface area contributed by atoms with Crippen LogP contribution in [0.1, 0.15) is 24.5 Å². The molecule has 2 aromatic carbocycles. The van der Waals surface area contributed by atoms with Crippen LogP contribution < -0.4 is 20.1 Å². The molecule has 3 rings (SSSR count). The summed E-state index contributed by atoms with van der Waals surface area (Å²) in [5.74, 6) is 2.45. The molecule has 0 aliphatic carbocycles. The number of nitrogens with zero attached hydrogens (tertiary/aromatic N) is 2. The molecule has 0 spiro atoms. The van der Waals surface area contributed by atoms with Gasteiger partial charge in [0.1, 0.15) is 11.5 Å². The number of hydrogen-bond acceptors (Lipinski definition) is 5. The third-order valence-corrected chi connectivity index (χ3v) is 5.29. The van der Waals surface area contributed by atoms with Gasteiger partial charge in [0, 0.05) is 38.8 Å². The molecule has 1 saturated heterocycles. The van der Waals surface area contributed by atoms with Gasteiger partial charge in [0.15, 0.2) is 5.96 Å². The molecule has 2 aromatic rings. The van der Waals surface area contributed by atoms with Gasteiger partial charge in [-0.3, -0.25) is 4.90 Å². The number of guanidine groups is 1. The Bertz CT molecular complexity index is 837. The van der Waals surface area contributed by atoms with Gasteiger partial charge >= 0.3 is 0 Å². The number of morpholine rings is 1. The number of rotatable bonds is 11. The molecule has 1 heterocycles. The Morgan fingerprint density at radius 1 is 1.03 bits per heavy atom. The maximum absolute atomic E-state index is 5.81. The van der Waals surface area contributed by atoms with Crippen LogP contribution in [0, 0.1) is 0 Å². The highest BCUT2D eigenvalue weighted by atomic mass is 16.5. The van der Waals surface area contributed by atoms with E-state index in [-0.39, 0.29) is 0 Å². The molecule has 0 aromatic heterocycles. The maximum Gasteiger partial charge on any atom is 0.191 e. The molecule has 1 fully saturated rings. The van der Waals surface area contributed by atoms with E-state index in [4.69, 9.17) is 19.2 Å². The standard InChI is InChI=1S/C25H36N4O3/c1-3-26-25(27-12-7-15-32-24-11-6-10-23(18-24)30-2)28-19-21-8-4-5-9-22(21)20-29-13-16-31-17-14-29/h4-6,8-11,18H,3,7,12-17,19-20H2,1-2H3,(H2,26,27,28). The summed E-state index contributed by atoms with van der Waals surface area (Å²) in [6.07, 6.45) is 0.870. The van der Waals surface area contributed by atoms with Crippen LogP contribution in [-0.2, 0) is 17.8 Å². The van der Waals surface area contributed by atoms with Crippen molar-refractivity contribution < 1.29 is 14.2 Å². The molecule has 0 atom stereocenters. The molecule has 0 radical (unpaired) electrons. The van der Waals surface area contributed by atoms with E-state index in [1.807, 2.05) is 24.3 Å². The zero-order chi connectivity index (χ0) is 22.4. The Labute approximate surface area is 191 Å². The van der Waals surface area contributed by atoms with Crippen molar-refractivity contribution in [1.29, 1.82) is 0 Å². The summed E-state index contributed by atoms with van der Waals surface area (Å²) < 4.78 is 16.5. The number of benzene rings is 2. The highest BCUT2D eigenvalue weighted by Gasteiger charge is 2.12. The number of aliphatic imine (C=N–C) groups is 1. The highest BCUT2D eigenvalue weighted by molar-refractivity contribution is 5.79. The molecule has 0 amide bonds. The summed E-state index contributed by atoms with van der Waals surface area (Å²) >= 11 is 0. The van der Waals surface area contributed by atoms with Crippen LogP contribution in [0.3, 0.4) is 0 Å². The van der Waals surface area contributed by atoms with Crippen molar-refractivity contribution in [2.75, 3.05) is 53.1 Å². The smallest absolute Gasteiger partial charge is 0.191 e. The van der Waals surface area contributed by atoms with Crippen LogP contribution in [0.5, 0.6) is 11.5 Å². The summed E-state index contributed by atoms with van der Waals surface area (Å²) in [6.45, 7) is 9.51. The lowest BCUT2D eigenvalue weighted by Gasteiger charge is -2.27. The first-order valence-corrected chi connectivity index (χ1v) is 11.4. The van der Waals surface area contributed by atoms with Crippen LogP contribution in [-0.4, -0.2) is 64.0 Å². The van der Waals surface area contributed by atoms with Gasteiger partial charge in [-0.1, -0.05) is 30.3 Å². The Hall–Kier alpha value is -2.77. The predicted octanol–water partition coefficient (Wildman–Crippen LogP) is 3.05. The Kier molecular flexibility index (Phi) is 10.2. The molecule has 1 aliphatic heterocycles. The van der Waals surface area contributed by atoms with E-state index in [1.54, 1.807) is 7.11 Å². The fraction of sp³-hybridized carbons (Fsp3) is 0.480.